The van der Waals surface area contributed by atoms with Gasteiger partial charge in [-0.3, -0.25) is 4.98 Å². The Bertz CT molecular complexity index is 1300. The Labute approximate surface area is 205 Å². The summed E-state index contributed by atoms with van der Waals surface area (Å²) in [5.41, 5.74) is 2.84. The van der Waals surface area contributed by atoms with Crippen molar-refractivity contribution in [3.8, 4) is 11.1 Å². The molecule has 2 fully saturated rings. The van der Waals surface area contributed by atoms with Crippen LogP contribution in [0.3, 0.4) is 0 Å². The van der Waals surface area contributed by atoms with Gasteiger partial charge in [-0.25, -0.2) is 12.8 Å². The summed E-state index contributed by atoms with van der Waals surface area (Å²) in [6, 6.07) is 10.1. The summed E-state index contributed by atoms with van der Waals surface area (Å²) in [6.07, 6.45) is 7.35. The van der Waals surface area contributed by atoms with Gasteiger partial charge in [0.15, 0.2) is 9.84 Å². The van der Waals surface area contributed by atoms with E-state index in [9.17, 15) is 12.8 Å². The van der Waals surface area contributed by atoms with Crippen molar-refractivity contribution in [1.82, 2.24) is 9.88 Å². The van der Waals surface area contributed by atoms with E-state index < -0.39 is 15.7 Å². The standard InChI is InChI=1S/C26H29ClFN3O2S/c1-34(32,33)25-16-29-24-5-4-19(20-12-21(27)15-22(28)13-20)14-23(24)26(25)31-10-6-18(7-11-31)17-30-8-2-3-9-30/h4-5,12-16,18H,2-3,6-11,17H2,1H3. The first-order chi connectivity index (χ1) is 16.3. The summed E-state index contributed by atoms with van der Waals surface area (Å²) in [4.78, 5) is 9.44. The van der Waals surface area contributed by atoms with Crippen molar-refractivity contribution in [1.29, 1.82) is 0 Å². The molecule has 0 radical (unpaired) electrons. The fraction of sp³-hybridized carbons (Fsp3) is 0.423. The Morgan fingerprint density at radius 2 is 1.76 bits per heavy atom. The molecule has 1 aromatic heterocycles. The van der Waals surface area contributed by atoms with Crippen LogP contribution in [0.25, 0.3) is 22.0 Å². The van der Waals surface area contributed by atoms with Crippen LogP contribution in [0.5, 0.6) is 0 Å². The lowest BCUT2D eigenvalue weighted by Crippen LogP contribution is -2.38. The predicted molar refractivity (Wildman–Crippen MR) is 136 cm³/mol. The molecule has 3 heterocycles. The predicted octanol–water partition coefficient (Wildman–Crippen LogP) is 5.41. The molecule has 0 amide bonds. The zero-order valence-electron chi connectivity index (χ0n) is 19.3. The number of piperidine rings is 1. The van der Waals surface area contributed by atoms with Crippen molar-refractivity contribution >= 4 is 38.0 Å². The maximum atomic E-state index is 14.0. The quantitative estimate of drug-likeness (QED) is 0.468. The van der Waals surface area contributed by atoms with E-state index in [0.29, 0.717) is 27.7 Å². The number of benzene rings is 2. The lowest BCUT2D eigenvalue weighted by atomic mass is 9.95. The lowest BCUT2D eigenvalue weighted by Gasteiger charge is -2.36. The highest BCUT2D eigenvalue weighted by molar-refractivity contribution is 7.90. The molecule has 0 unspecified atom stereocenters. The normalized spacial score (nSPS) is 18.1. The van der Waals surface area contributed by atoms with E-state index in [1.807, 2.05) is 18.2 Å². The van der Waals surface area contributed by atoms with Crippen molar-refractivity contribution in [2.24, 2.45) is 5.92 Å². The van der Waals surface area contributed by atoms with Gasteiger partial charge in [0.25, 0.3) is 0 Å². The SMILES string of the molecule is CS(=O)(=O)c1cnc2ccc(-c3cc(F)cc(Cl)c3)cc2c1N1CCC(CN2CCCC2)CC1. The van der Waals surface area contributed by atoms with Gasteiger partial charge in [-0.2, -0.15) is 0 Å². The summed E-state index contributed by atoms with van der Waals surface area (Å²) < 4.78 is 39.5. The Morgan fingerprint density at radius 3 is 2.44 bits per heavy atom. The van der Waals surface area contributed by atoms with E-state index in [1.54, 1.807) is 6.07 Å². The average molecular weight is 502 g/mol. The molecular formula is C26H29ClFN3O2S. The summed E-state index contributed by atoms with van der Waals surface area (Å²) in [5, 5.41) is 1.08. The third-order valence-corrected chi connectivity index (χ3v) is 8.36. The van der Waals surface area contributed by atoms with E-state index in [2.05, 4.69) is 14.8 Å². The first-order valence-corrected chi connectivity index (χ1v) is 14.1. The Kier molecular flexibility index (Phi) is 6.53. The number of fused-ring (bicyclic) bond motifs is 1. The summed E-state index contributed by atoms with van der Waals surface area (Å²) >= 11 is 6.09. The molecule has 5 nitrogen and oxygen atoms in total. The Morgan fingerprint density at radius 1 is 1.03 bits per heavy atom. The van der Waals surface area contributed by atoms with Gasteiger partial charge in [0.2, 0.25) is 0 Å². The molecular weight excluding hydrogens is 473 g/mol. The highest BCUT2D eigenvalue weighted by Crippen LogP contribution is 2.38. The Hall–Kier alpha value is -2.22. The van der Waals surface area contributed by atoms with E-state index in [1.165, 1.54) is 50.5 Å². The highest BCUT2D eigenvalue weighted by atomic mass is 35.5. The third kappa shape index (κ3) is 4.92. The number of anilines is 1. The minimum Gasteiger partial charge on any atom is -0.370 e. The van der Waals surface area contributed by atoms with Crippen LogP contribution in [0.2, 0.25) is 5.02 Å². The molecule has 0 bridgehead atoms. The van der Waals surface area contributed by atoms with Crippen LogP contribution in [0.1, 0.15) is 25.7 Å². The van der Waals surface area contributed by atoms with Gasteiger partial charge in [-0.05, 0) is 86.1 Å². The maximum absolute atomic E-state index is 14.0. The van der Waals surface area contributed by atoms with Crippen LogP contribution in [-0.4, -0.2) is 57.3 Å². The summed E-state index contributed by atoms with van der Waals surface area (Å²) in [6.45, 7) is 5.13. The summed E-state index contributed by atoms with van der Waals surface area (Å²) in [5.74, 6) is 0.222. The molecule has 2 aromatic carbocycles. The fourth-order valence-corrected chi connectivity index (χ4v) is 6.38. The third-order valence-electron chi connectivity index (χ3n) is 7.05. The zero-order chi connectivity index (χ0) is 23.9. The second kappa shape index (κ2) is 9.44. The highest BCUT2D eigenvalue weighted by Gasteiger charge is 2.28. The molecule has 2 aliphatic rings. The molecule has 2 saturated heterocycles. The van der Waals surface area contributed by atoms with Crippen LogP contribution in [0.15, 0.2) is 47.5 Å². The number of hydrogen-bond donors (Lipinski definition) is 0. The number of rotatable bonds is 5. The number of sulfone groups is 1. The largest absolute Gasteiger partial charge is 0.370 e. The molecule has 0 aliphatic carbocycles. The number of likely N-dealkylation sites (tertiary alicyclic amines) is 1. The molecule has 0 atom stereocenters. The van der Waals surface area contributed by atoms with Gasteiger partial charge in [0.1, 0.15) is 10.7 Å². The number of halogens is 2. The zero-order valence-corrected chi connectivity index (χ0v) is 20.9. The minimum atomic E-state index is -3.49. The topological polar surface area (TPSA) is 53.5 Å². The van der Waals surface area contributed by atoms with Crippen molar-refractivity contribution < 1.29 is 12.8 Å². The summed E-state index contributed by atoms with van der Waals surface area (Å²) in [7, 11) is -3.49. The molecule has 34 heavy (non-hydrogen) atoms. The molecule has 8 heteroatoms. The van der Waals surface area contributed by atoms with Gasteiger partial charge in [-0.15, -0.1) is 0 Å². The van der Waals surface area contributed by atoms with E-state index in [-0.39, 0.29) is 4.90 Å². The second-order valence-corrected chi connectivity index (χ2v) is 12.0. The molecule has 0 saturated carbocycles. The van der Waals surface area contributed by atoms with E-state index in [0.717, 1.165) is 43.4 Å². The monoisotopic (exact) mass is 501 g/mol. The first-order valence-electron chi connectivity index (χ1n) is 11.8. The molecule has 0 N–H and O–H groups in total. The van der Waals surface area contributed by atoms with Crippen LogP contribution in [0, 0.1) is 11.7 Å². The van der Waals surface area contributed by atoms with Crippen molar-refractivity contribution in [3.05, 3.63) is 53.4 Å². The van der Waals surface area contributed by atoms with Crippen molar-refractivity contribution in [2.75, 3.05) is 43.9 Å². The van der Waals surface area contributed by atoms with Gasteiger partial charge in [0.05, 0.1) is 11.2 Å². The molecule has 180 valence electrons. The van der Waals surface area contributed by atoms with Crippen molar-refractivity contribution in [2.45, 2.75) is 30.6 Å². The van der Waals surface area contributed by atoms with E-state index in [4.69, 9.17) is 11.6 Å². The van der Waals surface area contributed by atoms with Crippen LogP contribution < -0.4 is 4.90 Å². The van der Waals surface area contributed by atoms with Gasteiger partial charge >= 0.3 is 0 Å². The van der Waals surface area contributed by atoms with E-state index >= 15 is 0 Å². The van der Waals surface area contributed by atoms with Crippen LogP contribution in [0.4, 0.5) is 10.1 Å². The molecule has 2 aliphatic heterocycles. The lowest BCUT2D eigenvalue weighted by molar-refractivity contribution is 0.249. The first kappa shape index (κ1) is 23.5. The van der Waals surface area contributed by atoms with Gasteiger partial charge in [-0.1, -0.05) is 17.7 Å². The molecule has 3 aromatic rings. The smallest absolute Gasteiger partial charge is 0.179 e. The fourth-order valence-electron chi connectivity index (χ4n) is 5.33. The number of aromatic nitrogens is 1. The van der Waals surface area contributed by atoms with Gasteiger partial charge in [0, 0.05) is 42.5 Å². The minimum absolute atomic E-state index is 0.243. The molecule has 5 rings (SSSR count). The number of nitrogens with zero attached hydrogens (tertiary/aromatic N) is 3. The van der Waals surface area contributed by atoms with Crippen molar-refractivity contribution in [3.63, 3.8) is 0 Å². The number of pyridine rings is 1. The maximum Gasteiger partial charge on any atom is 0.179 e. The average Bonchev–Trinajstić information content (AvgIpc) is 3.30. The van der Waals surface area contributed by atoms with Crippen LogP contribution in [-0.2, 0) is 9.84 Å². The van der Waals surface area contributed by atoms with Crippen LogP contribution >= 0.6 is 11.6 Å². The second-order valence-electron chi connectivity index (χ2n) is 9.57. The Balaban J connectivity index is 1.53. The molecule has 0 spiro atoms. The number of hydrogen-bond acceptors (Lipinski definition) is 5. The van der Waals surface area contributed by atoms with Gasteiger partial charge < -0.3 is 9.80 Å².